The van der Waals surface area contributed by atoms with Crippen LogP contribution < -0.4 is 0 Å². The third-order valence-corrected chi connectivity index (χ3v) is 1.90. The average molecular weight is 226 g/mol. The molecule has 0 aromatic carbocycles. The smallest absolute Gasteiger partial charge is 0.264 e. The second-order valence-electron chi connectivity index (χ2n) is 2.69. The van der Waals surface area contributed by atoms with E-state index in [4.69, 9.17) is 9.47 Å². The summed E-state index contributed by atoms with van der Waals surface area (Å²) in [6.07, 6.45) is 1.60. The molecule has 6 heteroatoms. The van der Waals surface area contributed by atoms with Gasteiger partial charge in [-0.25, -0.2) is 0 Å². The van der Waals surface area contributed by atoms with E-state index < -0.39 is 10.1 Å². The van der Waals surface area contributed by atoms with Crippen molar-refractivity contribution in [2.45, 2.75) is 13.3 Å². The summed E-state index contributed by atoms with van der Waals surface area (Å²) in [5, 5.41) is 0. The monoisotopic (exact) mass is 226 g/mol. The zero-order chi connectivity index (χ0) is 10.9. The molecule has 0 heterocycles. The number of ether oxygens (including phenoxy) is 2. The molecular weight excluding hydrogens is 208 g/mol. The lowest BCUT2D eigenvalue weighted by Crippen LogP contribution is -2.09. The summed E-state index contributed by atoms with van der Waals surface area (Å²) in [6, 6.07) is 0. The van der Waals surface area contributed by atoms with Crippen molar-refractivity contribution in [3.8, 4) is 0 Å². The lowest BCUT2D eigenvalue weighted by molar-refractivity contribution is 0.0485. The van der Waals surface area contributed by atoms with E-state index in [1.165, 1.54) is 0 Å². The van der Waals surface area contributed by atoms with Crippen molar-refractivity contribution < 1.29 is 22.1 Å². The molecule has 0 aliphatic rings. The van der Waals surface area contributed by atoms with Crippen molar-refractivity contribution in [3.63, 3.8) is 0 Å². The molecule has 0 aromatic rings. The fraction of sp³-hybridized carbons (Fsp3) is 1.00. The molecule has 0 fully saturated rings. The van der Waals surface area contributed by atoms with Crippen LogP contribution in [-0.2, 0) is 23.8 Å². The molecule has 86 valence electrons. The summed E-state index contributed by atoms with van der Waals surface area (Å²) < 4.78 is 35.8. The van der Waals surface area contributed by atoms with Crippen molar-refractivity contribution in [2.24, 2.45) is 0 Å². The first kappa shape index (κ1) is 13.8. The van der Waals surface area contributed by atoms with Gasteiger partial charge in [0.2, 0.25) is 0 Å². The Morgan fingerprint density at radius 3 is 2.21 bits per heavy atom. The van der Waals surface area contributed by atoms with Crippen molar-refractivity contribution in [1.29, 1.82) is 0 Å². The van der Waals surface area contributed by atoms with Crippen LogP contribution in [0.5, 0.6) is 0 Å². The van der Waals surface area contributed by atoms with Crippen LogP contribution in [0.15, 0.2) is 0 Å². The summed E-state index contributed by atoms with van der Waals surface area (Å²) in [5.74, 6) is 0. The van der Waals surface area contributed by atoms with Crippen molar-refractivity contribution >= 4 is 10.1 Å². The van der Waals surface area contributed by atoms with Crippen LogP contribution >= 0.6 is 0 Å². The molecule has 0 aliphatic carbocycles. The first-order chi connectivity index (χ1) is 6.56. The van der Waals surface area contributed by atoms with Gasteiger partial charge in [0, 0.05) is 13.2 Å². The van der Waals surface area contributed by atoms with Gasteiger partial charge in [-0.2, -0.15) is 8.42 Å². The molecule has 0 radical (unpaired) electrons. The lowest BCUT2D eigenvalue weighted by Gasteiger charge is -2.04. The summed E-state index contributed by atoms with van der Waals surface area (Å²) in [5.41, 5.74) is 0. The molecule has 14 heavy (non-hydrogen) atoms. The highest BCUT2D eigenvalue weighted by Gasteiger charge is 1.99. The van der Waals surface area contributed by atoms with Gasteiger partial charge in [0.05, 0.1) is 26.1 Å². The average Bonchev–Trinajstić information content (AvgIpc) is 2.08. The minimum Gasteiger partial charge on any atom is -0.379 e. The Morgan fingerprint density at radius 2 is 1.64 bits per heavy atom. The maximum absolute atomic E-state index is 10.5. The summed E-state index contributed by atoms with van der Waals surface area (Å²) >= 11 is 0. The van der Waals surface area contributed by atoms with Crippen molar-refractivity contribution in [3.05, 3.63) is 0 Å². The summed E-state index contributed by atoms with van der Waals surface area (Å²) in [6.45, 7) is 4.37. The SMILES string of the molecule is CCOCCOCCCOS(C)(=O)=O. The second-order valence-corrected chi connectivity index (χ2v) is 4.33. The molecule has 5 nitrogen and oxygen atoms in total. The summed E-state index contributed by atoms with van der Waals surface area (Å²) in [7, 11) is -3.31. The maximum Gasteiger partial charge on any atom is 0.264 e. The van der Waals surface area contributed by atoms with Crippen LogP contribution in [-0.4, -0.2) is 47.7 Å². The normalized spacial score (nSPS) is 11.9. The number of rotatable bonds is 9. The Hall–Kier alpha value is -0.170. The predicted molar refractivity (Wildman–Crippen MR) is 52.7 cm³/mol. The third kappa shape index (κ3) is 11.8. The topological polar surface area (TPSA) is 61.8 Å². The van der Waals surface area contributed by atoms with Crippen LogP contribution in [0.3, 0.4) is 0 Å². The lowest BCUT2D eigenvalue weighted by atomic mass is 10.5. The fourth-order valence-electron chi connectivity index (χ4n) is 0.736. The zero-order valence-electron chi connectivity index (χ0n) is 8.69. The van der Waals surface area contributed by atoms with Gasteiger partial charge in [-0.3, -0.25) is 4.18 Å². The number of hydrogen-bond acceptors (Lipinski definition) is 5. The van der Waals surface area contributed by atoms with Gasteiger partial charge >= 0.3 is 0 Å². The molecule has 0 amide bonds. The first-order valence-electron chi connectivity index (χ1n) is 4.56. The van der Waals surface area contributed by atoms with E-state index in [1.807, 2.05) is 6.92 Å². The highest BCUT2D eigenvalue weighted by atomic mass is 32.2. The molecule has 0 aliphatic heterocycles. The minimum absolute atomic E-state index is 0.174. The van der Waals surface area contributed by atoms with Gasteiger partial charge in [-0.05, 0) is 13.3 Å². The predicted octanol–water partition coefficient (Wildman–Crippen LogP) is 0.406. The molecule has 0 aromatic heterocycles. The highest BCUT2D eigenvalue weighted by Crippen LogP contribution is 1.90. The van der Waals surface area contributed by atoms with Gasteiger partial charge in [-0.1, -0.05) is 0 Å². The fourth-order valence-corrected chi connectivity index (χ4v) is 1.16. The standard InChI is InChI=1S/C8H18O5S/c1-3-11-7-8-12-5-4-6-13-14(2,9)10/h3-8H2,1-2H3. The molecule has 0 bridgehead atoms. The Balaban J connectivity index is 3.07. The molecule has 0 rings (SSSR count). The van der Waals surface area contributed by atoms with Crippen molar-refractivity contribution in [2.75, 3.05) is 39.3 Å². The van der Waals surface area contributed by atoms with E-state index >= 15 is 0 Å². The molecular formula is C8H18O5S. The van der Waals surface area contributed by atoms with Crippen LogP contribution in [0.1, 0.15) is 13.3 Å². The van der Waals surface area contributed by atoms with Gasteiger partial charge in [-0.15, -0.1) is 0 Å². The van der Waals surface area contributed by atoms with Crippen LogP contribution in [0.2, 0.25) is 0 Å². The molecule has 0 saturated heterocycles. The van der Waals surface area contributed by atoms with Gasteiger partial charge < -0.3 is 9.47 Å². The van der Waals surface area contributed by atoms with E-state index in [0.29, 0.717) is 32.8 Å². The second kappa shape index (κ2) is 8.16. The molecule has 0 N–H and O–H groups in total. The van der Waals surface area contributed by atoms with E-state index in [2.05, 4.69) is 4.18 Å². The molecule has 0 spiro atoms. The van der Waals surface area contributed by atoms with Gasteiger partial charge in [0.25, 0.3) is 10.1 Å². The van der Waals surface area contributed by atoms with Crippen molar-refractivity contribution in [1.82, 2.24) is 0 Å². The Morgan fingerprint density at radius 1 is 1.00 bits per heavy atom. The Labute approximate surface area is 85.5 Å². The number of hydrogen-bond donors (Lipinski definition) is 0. The Kier molecular flexibility index (Phi) is 8.07. The van der Waals surface area contributed by atoms with E-state index in [0.717, 1.165) is 6.26 Å². The molecule has 0 unspecified atom stereocenters. The Bertz CT molecular complexity index is 212. The molecule has 0 atom stereocenters. The van der Waals surface area contributed by atoms with Gasteiger partial charge in [0.1, 0.15) is 0 Å². The van der Waals surface area contributed by atoms with E-state index in [1.54, 1.807) is 0 Å². The van der Waals surface area contributed by atoms with E-state index in [-0.39, 0.29) is 6.61 Å². The first-order valence-corrected chi connectivity index (χ1v) is 6.38. The van der Waals surface area contributed by atoms with Crippen LogP contribution in [0.4, 0.5) is 0 Å². The zero-order valence-corrected chi connectivity index (χ0v) is 9.51. The summed E-state index contributed by atoms with van der Waals surface area (Å²) in [4.78, 5) is 0. The molecule has 0 saturated carbocycles. The minimum atomic E-state index is -3.31. The maximum atomic E-state index is 10.5. The van der Waals surface area contributed by atoms with E-state index in [9.17, 15) is 8.42 Å². The van der Waals surface area contributed by atoms with Crippen LogP contribution in [0.25, 0.3) is 0 Å². The highest BCUT2D eigenvalue weighted by molar-refractivity contribution is 7.85. The quantitative estimate of drug-likeness (QED) is 0.421. The third-order valence-electron chi connectivity index (χ3n) is 1.31. The largest absolute Gasteiger partial charge is 0.379 e. The van der Waals surface area contributed by atoms with Gasteiger partial charge in [0.15, 0.2) is 0 Å². The van der Waals surface area contributed by atoms with Crippen LogP contribution in [0, 0.1) is 0 Å².